The quantitative estimate of drug-likeness (QED) is 0.371. The third-order valence-electron chi connectivity index (χ3n) is 6.88. The van der Waals surface area contributed by atoms with Crippen LogP contribution in [-0.4, -0.2) is 22.6 Å². The van der Waals surface area contributed by atoms with Crippen molar-refractivity contribution in [3.8, 4) is 11.1 Å². The minimum absolute atomic E-state index is 0.159. The van der Waals surface area contributed by atoms with Crippen molar-refractivity contribution in [1.29, 1.82) is 0 Å². The fraction of sp³-hybridized carbons (Fsp3) is 0.379. The molecule has 4 nitrogen and oxygen atoms in total. The number of halogens is 3. The highest BCUT2D eigenvalue weighted by Crippen LogP contribution is 2.36. The number of hydrogen-bond donors (Lipinski definition) is 2. The molecule has 1 aromatic heterocycles. The first-order valence-corrected chi connectivity index (χ1v) is 12.4. The Hall–Kier alpha value is -3.19. The number of rotatable bonds is 7. The highest BCUT2D eigenvalue weighted by molar-refractivity contribution is 5.96. The zero-order valence-corrected chi connectivity index (χ0v) is 20.3. The molecule has 7 heteroatoms. The molecule has 190 valence electrons. The molecule has 0 spiro atoms. The third-order valence-corrected chi connectivity index (χ3v) is 6.88. The number of nitrogens with one attached hydrogen (secondary N) is 1. The fourth-order valence-electron chi connectivity index (χ4n) is 4.84. The summed E-state index contributed by atoms with van der Waals surface area (Å²) in [5.74, 6) is 0.0578. The maximum absolute atomic E-state index is 13.4. The van der Waals surface area contributed by atoms with Crippen LogP contribution in [0.4, 0.5) is 13.2 Å². The molecule has 1 aliphatic carbocycles. The SMILES string of the molecule is Cc1ccc(-c2cc(C(=O)N[C@H](CCO)c3ccc(C(F)(F)F)nc3)cc(C3CCCCC3)c2)cc1. The van der Waals surface area contributed by atoms with Crippen molar-refractivity contribution < 1.29 is 23.1 Å². The van der Waals surface area contributed by atoms with E-state index in [1.807, 2.05) is 43.3 Å². The van der Waals surface area contributed by atoms with Gasteiger partial charge in [-0.3, -0.25) is 9.78 Å². The van der Waals surface area contributed by atoms with E-state index >= 15 is 0 Å². The van der Waals surface area contributed by atoms with Crippen LogP contribution in [0.3, 0.4) is 0 Å². The Balaban J connectivity index is 1.64. The molecule has 3 aromatic rings. The summed E-state index contributed by atoms with van der Waals surface area (Å²) in [6.07, 6.45) is 2.46. The van der Waals surface area contributed by atoms with Gasteiger partial charge in [0.25, 0.3) is 5.91 Å². The molecule has 36 heavy (non-hydrogen) atoms. The van der Waals surface area contributed by atoms with E-state index in [0.29, 0.717) is 17.0 Å². The fourth-order valence-corrected chi connectivity index (χ4v) is 4.84. The normalized spacial score (nSPS) is 15.5. The number of aromatic nitrogens is 1. The van der Waals surface area contributed by atoms with Gasteiger partial charge in [0.15, 0.2) is 0 Å². The van der Waals surface area contributed by atoms with Gasteiger partial charge in [0.1, 0.15) is 5.69 Å². The molecule has 0 radical (unpaired) electrons. The van der Waals surface area contributed by atoms with E-state index in [4.69, 9.17) is 0 Å². The van der Waals surface area contributed by atoms with Crippen molar-refractivity contribution in [1.82, 2.24) is 10.3 Å². The summed E-state index contributed by atoms with van der Waals surface area (Å²) < 4.78 is 38.8. The largest absolute Gasteiger partial charge is 0.433 e. The van der Waals surface area contributed by atoms with Crippen molar-refractivity contribution in [2.45, 2.75) is 63.6 Å². The summed E-state index contributed by atoms with van der Waals surface area (Å²) in [6.45, 7) is 1.79. The third kappa shape index (κ3) is 6.32. The predicted molar refractivity (Wildman–Crippen MR) is 134 cm³/mol. The first-order valence-electron chi connectivity index (χ1n) is 12.4. The molecule has 1 atom stereocenters. The Morgan fingerprint density at radius 1 is 1.03 bits per heavy atom. The second-order valence-corrected chi connectivity index (χ2v) is 9.56. The molecule has 0 saturated heterocycles. The van der Waals surface area contributed by atoms with E-state index < -0.39 is 17.9 Å². The predicted octanol–water partition coefficient (Wildman–Crippen LogP) is 6.98. The van der Waals surface area contributed by atoms with Crippen LogP contribution in [0.15, 0.2) is 60.8 Å². The Labute approximate surface area is 209 Å². The number of aliphatic hydroxyl groups is 1. The first-order chi connectivity index (χ1) is 17.2. The summed E-state index contributed by atoms with van der Waals surface area (Å²) in [5, 5.41) is 12.4. The van der Waals surface area contributed by atoms with Crippen LogP contribution in [0.25, 0.3) is 11.1 Å². The number of carbonyl (C=O) groups is 1. The second-order valence-electron chi connectivity index (χ2n) is 9.56. The lowest BCUT2D eigenvalue weighted by Gasteiger charge is -2.24. The average Bonchev–Trinajstić information content (AvgIpc) is 2.88. The number of alkyl halides is 3. The number of hydrogen-bond acceptors (Lipinski definition) is 3. The van der Waals surface area contributed by atoms with Crippen LogP contribution < -0.4 is 5.32 Å². The molecule has 1 fully saturated rings. The number of benzene rings is 2. The Kier molecular flexibility index (Phi) is 8.09. The number of amides is 1. The molecule has 0 unspecified atom stereocenters. The van der Waals surface area contributed by atoms with E-state index in [2.05, 4.69) is 16.4 Å². The van der Waals surface area contributed by atoms with Gasteiger partial charge in [-0.05, 0) is 72.6 Å². The molecular formula is C29H31F3N2O2. The first kappa shape index (κ1) is 25.9. The van der Waals surface area contributed by atoms with Gasteiger partial charge in [-0.25, -0.2) is 0 Å². The van der Waals surface area contributed by atoms with E-state index in [-0.39, 0.29) is 18.9 Å². The van der Waals surface area contributed by atoms with E-state index in [1.54, 1.807) is 0 Å². The Morgan fingerprint density at radius 3 is 2.36 bits per heavy atom. The highest BCUT2D eigenvalue weighted by atomic mass is 19.4. The monoisotopic (exact) mass is 496 g/mol. The number of aliphatic hydroxyl groups excluding tert-OH is 1. The molecule has 1 aliphatic rings. The second kappa shape index (κ2) is 11.2. The lowest BCUT2D eigenvalue weighted by molar-refractivity contribution is -0.141. The van der Waals surface area contributed by atoms with Crippen LogP contribution >= 0.6 is 0 Å². The topological polar surface area (TPSA) is 62.2 Å². The lowest BCUT2D eigenvalue weighted by Crippen LogP contribution is -2.29. The minimum Gasteiger partial charge on any atom is -0.396 e. The van der Waals surface area contributed by atoms with Gasteiger partial charge in [0.05, 0.1) is 6.04 Å². The van der Waals surface area contributed by atoms with Crippen molar-refractivity contribution >= 4 is 5.91 Å². The molecule has 2 N–H and O–H groups in total. The van der Waals surface area contributed by atoms with Crippen LogP contribution in [0.1, 0.15) is 83.2 Å². The maximum Gasteiger partial charge on any atom is 0.433 e. The number of nitrogens with zero attached hydrogens (tertiary/aromatic N) is 1. The number of pyridine rings is 1. The molecule has 1 amide bonds. The summed E-state index contributed by atoms with van der Waals surface area (Å²) in [7, 11) is 0. The van der Waals surface area contributed by atoms with E-state index in [0.717, 1.165) is 47.4 Å². The highest BCUT2D eigenvalue weighted by Gasteiger charge is 2.32. The van der Waals surface area contributed by atoms with Gasteiger partial charge < -0.3 is 10.4 Å². The van der Waals surface area contributed by atoms with E-state index in [1.165, 1.54) is 25.3 Å². The lowest BCUT2D eigenvalue weighted by atomic mass is 9.82. The molecule has 1 saturated carbocycles. The van der Waals surface area contributed by atoms with Crippen molar-refractivity contribution in [3.05, 3.63) is 88.7 Å². The van der Waals surface area contributed by atoms with Gasteiger partial charge in [0.2, 0.25) is 0 Å². The van der Waals surface area contributed by atoms with Gasteiger partial charge >= 0.3 is 6.18 Å². The summed E-state index contributed by atoms with van der Waals surface area (Å²) in [6, 6.07) is 15.6. The van der Waals surface area contributed by atoms with Crippen molar-refractivity contribution in [3.63, 3.8) is 0 Å². The number of aryl methyl sites for hydroxylation is 1. The van der Waals surface area contributed by atoms with Gasteiger partial charge in [0, 0.05) is 18.4 Å². The summed E-state index contributed by atoms with van der Waals surface area (Å²) in [4.78, 5) is 16.9. The Morgan fingerprint density at radius 2 is 1.75 bits per heavy atom. The van der Waals surface area contributed by atoms with Crippen LogP contribution in [0, 0.1) is 6.92 Å². The van der Waals surface area contributed by atoms with Crippen LogP contribution in [0.5, 0.6) is 0 Å². The van der Waals surface area contributed by atoms with Crippen molar-refractivity contribution in [2.24, 2.45) is 0 Å². The molecule has 2 aromatic carbocycles. The van der Waals surface area contributed by atoms with Crippen LogP contribution in [0.2, 0.25) is 0 Å². The zero-order chi connectivity index (χ0) is 25.7. The Bertz CT molecular complexity index is 1170. The summed E-state index contributed by atoms with van der Waals surface area (Å²) >= 11 is 0. The van der Waals surface area contributed by atoms with Gasteiger partial charge in [-0.2, -0.15) is 13.2 Å². The van der Waals surface area contributed by atoms with Gasteiger partial charge in [-0.1, -0.05) is 61.2 Å². The smallest absolute Gasteiger partial charge is 0.396 e. The zero-order valence-electron chi connectivity index (χ0n) is 20.3. The minimum atomic E-state index is -4.54. The average molecular weight is 497 g/mol. The maximum atomic E-state index is 13.4. The number of carbonyl (C=O) groups excluding carboxylic acids is 1. The van der Waals surface area contributed by atoms with Gasteiger partial charge in [-0.15, -0.1) is 0 Å². The standard InChI is InChI=1S/C29H31F3N2O2/c1-19-7-9-21(10-8-19)24-15-23(20-5-3-2-4-6-20)16-25(17-24)28(36)34-26(13-14-35)22-11-12-27(33-18-22)29(30,31)32/h7-12,15-18,20,26,35H,2-6,13-14H2,1H3,(H,34,36)/t26-/m1/s1. The molecular weight excluding hydrogens is 465 g/mol. The summed E-state index contributed by atoms with van der Waals surface area (Å²) in [5.41, 5.74) is 4.17. The molecule has 0 bridgehead atoms. The van der Waals surface area contributed by atoms with Crippen LogP contribution in [-0.2, 0) is 6.18 Å². The molecule has 4 rings (SSSR count). The molecule has 1 heterocycles. The van der Waals surface area contributed by atoms with Crippen molar-refractivity contribution in [2.75, 3.05) is 6.61 Å². The molecule has 0 aliphatic heterocycles. The van der Waals surface area contributed by atoms with E-state index in [9.17, 15) is 23.1 Å².